The van der Waals surface area contributed by atoms with Gasteiger partial charge in [-0.15, -0.1) is 0 Å². The summed E-state index contributed by atoms with van der Waals surface area (Å²) < 4.78 is 0. The number of hydrogen-bond donors (Lipinski definition) is 2. The van der Waals surface area contributed by atoms with Gasteiger partial charge in [-0.05, 0) is 31.1 Å². The minimum Gasteiger partial charge on any atom is -0.274 e. The van der Waals surface area contributed by atoms with E-state index in [1.165, 1.54) is 0 Å². The number of hydrazine groups is 1. The zero-order valence-corrected chi connectivity index (χ0v) is 16.0. The number of carbonyl (C=O) groups excluding carboxylic acids is 4. The predicted octanol–water partition coefficient (Wildman–Crippen LogP) is 1.55. The third-order valence-electron chi connectivity index (χ3n) is 4.77. The monoisotopic (exact) mass is 363 g/mol. The number of nitrogens with one attached hydrogen (secondary N) is 2. The normalized spacial score (nSPS) is 23.4. The Hall–Kier alpha value is -2.18. The molecule has 144 valence electrons. The fourth-order valence-corrected chi connectivity index (χ4v) is 3.55. The number of likely N-dealkylation sites (tertiary alicyclic amines) is 1. The first-order valence-electron chi connectivity index (χ1n) is 9.33. The molecule has 7 heteroatoms. The molecule has 0 radical (unpaired) electrons. The van der Waals surface area contributed by atoms with Crippen molar-refractivity contribution in [2.75, 3.05) is 0 Å². The third-order valence-corrected chi connectivity index (χ3v) is 4.77. The summed E-state index contributed by atoms with van der Waals surface area (Å²) in [6.45, 7) is 7.66. The number of imide groups is 1. The topological polar surface area (TPSA) is 95.6 Å². The number of amides is 4. The summed E-state index contributed by atoms with van der Waals surface area (Å²) in [6.07, 6.45) is 5.54. The fourth-order valence-electron chi connectivity index (χ4n) is 3.55. The van der Waals surface area contributed by atoms with Gasteiger partial charge in [-0.1, -0.05) is 39.8 Å². The lowest BCUT2D eigenvalue weighted by Gasteiger charge is -2.27. The van der Waals surface area contributed by atoms with Crippen molar-refractivity contribution in [3.05, 3.63) is 12.2 Å². The molecule has 7 nitrogen and oxygen atoms in total. The molecule has 0 spiro atoms. The van der Waals surface area contributed by atoms with Gasteiger partial charge in [0.2, 0.25) is 17.7 Å². The zero-order valence-electron chi connectivity index (χ0n) is 16.0. The maximum absolute atomic E-state index is 12.8. The average Bonchev–Trinajstić information content (AvgIpc) is 2.81. The Bertz CT molecular complexity index is 586. The van der Waals surface area contributed by atoms with E-state index in [0.29, 0.717) is 19.3 Å². The van der Waals surface area contributed by atoms with Crippen LogP contribution in [0.15, 0.2) is 12.2 Å². The Morgan fingerprint density at radius 2 is 1.54 bits per heavy atom. The first kappa shape index (κ1) is 20.1. The van der Waals surface area contributed by atoms with Crippen molar-refractivity contribution in [2.45, 2.75) is 59.4 Å². The quantitative estimate of drug-likeness (QED) is 0.425. The summed E-state index contributed by atoms with van der Waals surface area (Å²) in [4.78, 5) is 51.1. The van der Waals surface area contributed by atoms with Gasteiger partial charge in [0.05, 0.1) is 11.8 Å². The summed E-state index contributed by atoms with van der Waals surface area (Å²) in [6, 6.07) is -0.903. The van der Waals surface area contributed by atoms with E-state index in [0.717, 1.165) is 4.90 Å². The summed E-state index contributed by atoms with van der Waals surface area (Å²) in [5, 5.41) is 0. The summed E-state index contributed by atoms with van der Waals surface area (Å²) in [5.41, 5.74) is 4.78. The highest BCUT2D eigenvalue weighted by Crippen LogP contribution is 2.37. The van der Waals surface area contributed by atoms with Gasteiger partial charge in [-0.2, -0.15) is 0 Å². The summed E-state index contributed by atoms with van der Waals surface area (Å²) in [7, 11) is 0. The van der Waals surface area contributed by atoms with Crippen molar-refractivity contribution in [2.24, 2.45) is 23.7 Å². The van der Waals surface area contributed by atoms with Gasteiger partial charge >= 0.3 is 0 Å². The highest BCUT2D eigenvalue weighted by Gasteiger charge is 2.51. The van der Waals surface area contributed by atoms with Crippen LogP contribution >= 0.6 is 0 Å². The van der Waals surface area contributed by atoms with Crippen LogP contribution in [0.3, 0.4) is 0 Å². The lowest BCUT2D eigenvalue weighted by Crippen LogP contribution is -2.54. The van der Waals surface area contributed by atoms with Crippen molar-refractivity contribution in [1.29, 1.82) is 0 Å². The maximum atomic E-state index is 12.8. The van der Waals surface area contributed by atoms with E-state index < -0.39 is 11.9 Å². The molecule has 1 aliphatic heterocycles. The summed E-state index contributed by atoms with van der Waals surface area (Å²) in [5.74, 6) is -1.85. The third kappa shape index (κ3) is 4.51. The van der Waals surface area contributed by atoms with Gasteiger partial charge in [-0.25, -0.2) is 0 Å². The number of nitrogens with zero attached hydrogens (tertiary/aromatic N) is 1. The van der Waals surface area contributed by atoms with Crippen LogP contribution in [-0.2, 0) is 19.2 Å². The molecule has 4 amide bonds. The van der Waals surface area contributed by atoms with Gasteiger partial charge in [-0.3, -0.25) is 34.9 Å². The van der Waals surface area contributed by atoms with E-state index in [4.69, 9.17) is 0 Å². The molecule has 26 heavy (non-hydrogen) atoms. The fraction of sp³-hybridized carbons (Fsp3) is 0.684. The molecule has 1 saturated heterocycles. The molecule has 1 heterocycles. The van der Waals surface area contributed by atoms with Crippen molar-refractivity contribution in [3.8, 4) is 0 Å². The molecule has 1 fully saturated rings. The van der Waals surface area contributed by atoms with Crippen LogP contribution < -0.4 is 10.9 Å². The van der Waals surface area contributed by atoms with Crippen LogP contribution in [0.4, 0.5) is 0 Å². The van der Waals surface area contributed by atoms with Crippen LogP contribution in [-0.4, -0.2) is 34.6 Å². The molecule has 0 saturated carbocycles. The van der Waals surface area contributed by atoms with E-state index >= 15 is 0 Å². The molecule has 0 aromatic heterocycles. The number of fused-ring (bicyclic) bond motifs is 1. The molecule has 2 rings (SSSR count). The Kier molecular flexibility index (Phi) is 6.56. The SMILES string of the molecule is CC(C)CC(=O)NNC(=O)C(CC(C)C)N1C(=O)C2CC=CCC2C1=O. The van der Waals surface area contributed by atoms with Crippen molar-refractivity contribution in [3.63, 3.8) is 0 Å². The average molecular weight is 363 g/mol. The molecule has 3 atom stereocenters. The number of allylic oxidation sites excluding steroid dienone is 2. The lowest BCUT2D eigenvalue weighted by molar-refractivity contribution is -0.149. The molecule has 2 aliphatic rings. The van der Waals surface area contributed by atoms with Crippen molar-refractivity contribution < 1.29 is 19.2 Å². The van der Waals surface area contributed by atoms with E-state index in [1.807, 2.05) is 39.8 Å². The lowest BCUT2D eigenvalue weighted by atomic mass is 9.85. The smallest absolute Gasteiger partial charge is 0.261 e. The second kappa shape index (κ2) is 8.47. The van der Waals surface area contributed by atoms with E-state index in [2.05, 4.69) is 10.9 Å². The Morgan fingerprint density at radius 3 is 2.00 bits per heavy atom. The van der Waals surface area contributed by atoms with E-state index in [9.17, 15) is 19.2 Å². The predicted molar refractivity (Wildman–Crippen MR) is 96.2 cm³/mol. The maximum Gasteiger partial charge on any atom is 0.261 e. The van der Waals surface area contributed by atoms with E-state index in [-0.39, 0.29) is 47.8 Å². The molecule has 0 bridgehead atoms. The molecule has 0 aromatic carbocycles. The molecule has 0 aromatic rings. The standard InChI is InChI=1S/C19H29N3O4/c1-11(2)9-15(17(24)21-20-16(23)10-12(3)4)22-18(25)13-7-5-6-8-14(13)19(22)26/h5-6,11-15H,7-10H2,1-4H3,(H,20,23)(H,21,24). The Labute approximate surface area is 154 Å². The number of carbonyl (C=O) groups is 4. The molecular weight excluding hydrogens is 334 g/mol. The van der Waals surface area contributed by atoms with Crippen LogP contribution in [0, 0.1) is 23.7 Å². The van der Waals surface area contributed by atoms with Gasteiger partial charge in [0, 0.05) is 6.42 Å². The number of rotatable bonds is 6. The van der Waals surface area contributed by atoms with Crippen LogP contribution in [0.25, 0.3) is 0 Å². The Morgan fingerprint density at radius 1 is 1.00 bits per heavy atom. The van der Waals surface area contributed by atoms with Gasteiger partial charge in [0.25, 0.3) is 5.91 Å². The molecular formula is C19H29N3O4. The highest BCUT2D eigenvalue weighted by atomic mass is 16.2. The highest BCUT2D eigenvalue weighted by molar-refractivity contribution is 6.08. The molecule has 3 unspecified atom stereocenters. The van der Waals surface area contributed by atoms with Crippen molar-refractivity contribution in [1.82, 2.24) is 15.8 Å². The van der Waals surface area contributed by atoms with Crippen LogP contribution in [0.1, 0.15) is 53.4 Å². The van der Waals surface area contributed by atoms with Crippen molar-refractivity contribution >= 4 is 23.6 Å². The zero-order chi connectivity index (χ0) is 19.4. The van der Waals surface area contributed by atoms with Gasteiger partial charge < -0.3 is 0 Å². The minimum atomic E-state index is -0.903. The first-order chi connectivity index (χ1) is 12.2. The van der Waals surface area contributed by atoms with Crippen LogP contribution in [0.5, 0.6) is 0 Å². The number of hydrogen-bond acceptors (Lipinski definition) is 4. The Balaban J connectivity index is 2.11. The second-order valence-electron chi connectivity index (χ2n) is 7.98. The first-order valence-corrected chi connectivity index (χ1v) is 9.33. The van der Waals surface area contributed by atoms with Crippen LogP contribution in [0.2, 0.25) is 0 Å². The second-order valence-corrected chi connectivity index (χ2v) is 7.98. The largest absolute Gasteiger partial charge is 0.274 e. The summed E-state index contributed by atoms with van der Waals surface area (Å²) >= 11 is 0. The molecule has 1 aliphatic carbocycles. The van der Waals surface area contributed by atoms with Gasteiger partial charge in [0.1, 0.15) is 6.04 Å². The minimum absolute atomic E-state index is 0.110. The van der Waals surface area contributed by atoms with Gasteiger partial charge in [0.15, 0.2) is 0 Å². The molecule has 2 N–H and O–H groups in total. The van der Waals surface area contributed by atoms with E-state index in [1.54, 1.807) is 0 Å².